The summed E-state index contributed by atoms with van der Waals surface area (Å²) < 4.78 is 5.72. The Balaban J connectivity index is 1.26. The second-order valence-corrected chi connectivity index (χ2v) is 8.23. The van der Waals surface area contributed by atoms with E-state index in [2.05, 4.69) is 16.8 Å². The molecule has 1 aliphatic heterocycles. The molecule has 1 aromatic carbocycles. The molecule has 1 saturated carbocycles. The number of fused-ring (bicyclic) bond motifs is 1. The Morgan fingerprint density at radius 3 is 2.77 bits per heavy atom. The molecular weight excluding hydrogens is 344 g/mol. The summed E-state index contributed by atoms with van der Waals surface area (Å²) in [5.74, 6) is 0.812. The molecule has 0 unspecified atom stereocenters. The van der Waals surface area contributed by atoms with E-state index in [0.29, 0.717) is 12.6 Å². The predicted molar refractivity (Wildman–Crippen MR) is 106 cm³/mol. The van der Waals surface area contributed by atoms with Crippen molar-refractivity contribution in [1.82, 2.24) is 4.90 Å². The summed E-state index contributed by atoms with van der Waals surface area (Å²) in [6.45, 7) is 1.61. The molecule has 0 radical (unpaired) electrons. The highest BCUT2D eigenvalue weighted by molar-refractivity contribution is 7.10. The molecule has 2 aromatic rings. The van der Waals surface area contributed by atoms with Crippen molar-refractivity contribution in [3.05, 3.63) is 46.2 Å². The minimum atomic E-state index is 0.0613. The van der Waals surface area contributed by atoms with Gasteiger partial charge in [0.05, 0.1) is 0 Å². The lowest BCUT2D eigenvalue weighted by molar-refractivity contribution is -0.134. The Labute approximate surface area is 159 Å². The van der Waals surface area contributed by atoms with Crippen LogP contribution in [0.5, 0.6) is 5.75 Å². The summed E-state index contributed by atoms with van der Waals surface area (Å²) in [6.07, 6.45) is 7.49. The van der Waals surface area contributed by atoms with Gasteiger partial charge in [0.15, 0.2) is 6.61 Å². The van der Waals surface area contributed by atoms with Crippen molar-refractivity contribution >= 4 is 22.9 Å². The lowest BCUT2D eigenvalue weighted by atomic mass is 9.95. The van der Waals surface area contributed by atoms with Crippen molar-refractivity contribution in [2.24, 2.45) is 0 Å². The van der Waals surface area contributed by atoms with E-state index in [1.807, 2.05) is 29.2 Å². The number of rotatable bonds is 5. The van der Waals surface area contributed by atoms with Crippen molar-refractivity contribution in [3.8, 4) is 5.75 Å². The standard InChI is InChI=1S/C21H26N2O2S/c24-21(23-12-10-20-16(14-23)11-13-26-20)15-25-19-8-6-18(7-9-19)22-17-4-2-1-3-5-17/h6-9,11,13,17,22H,1-5,10,12,14-15H2. The molecule has 0 saturated heterocycles. The van der Waals surface area contributed by atoms with Crippen LogP contribution in [0, 0.1) is 0 Å². The molecule has 0 bridgehead atoms. The summed E-state index contributed by atoms with van der Waals surface area (Å²) in [5, 5.41) is 5.71. The number of nitrogens with one attached hydrogen (secondary N) is 1. The van der Waals surface area contributed by atoms with Crippen molar-refractivity contribution in [2.75, 3.05) is 18.5 Å². The highest BCUT2D eigenvalue weighted by atomic mass is 32.1. The molecule has 0 atom stereocenters. The summed E-state index contributed by atoms with van der Waals surface area (Å²) in [7, 11) is 0. The predicted octanol–water partition coefficient (Wildman–Crippen LogP) is 4.46. The molecule has 4 nitrogen and oxygen atoms in total. The number of hydrogen-bond acceptors (Lipinski definition) is 4. The van der Waals surface area contributed by atoms with Gasteiger partial charge in [-0.05, 0) is 60.5 Å². The monoisotopic (exact) mass is 370 g/mol. The van der Waals surface area contributed by atoms with Crippen molar-refractivity contribution in [3.63, 3.8) is 0 Å². The molecule has 1 amide bonds. The first-order valence-corrected chi connectivity index (χ1v) is 10.5. The maximum atomic E-state index is 12.4. The van der Waals surface area contributed by atoms with E-state index in [1.165, 1.54) is 42.5 Å². The topological polar surface area (TPSA) is 41.6 Å². The second kappa shape index (κ2) is 8.12. The first-order valence-electron chi connectivity index (χ1n) is 9.60. The molecule has 1 fully saturated rings. The zero-order valence-electron chi connectivity index (χ0n) is 15.1. The number of amides is 1. The maximum absolute atomic E-state index is 12.4. The quantitative estimate of drug-likeness (QED) is 0.845. The lowest BCUT2D eigenvalue weighted by Gasteiger charge is -2.27. The molecule has 26 heavy (non-hydrogen) atoms. The number of anilines is 1. The van der Waals surface area contributed by atoms with Crippen LogP contribution >= 0.6 is 11.3 Å². The third kappa shape index (κ3) is 4.21. The van der Waals surface area contributed by atoms with E-state index >= 15 is 0 Å². The number of nitrogens with zero attached hydrogens (tertiary/aromatic N) is 1. The van der Waals surface area contributed by atoms with Gasteiger partial charge in [0.2, 0.25) is 0 Å². The van der Waals surface area contributed by atoms with E-state index in [4.69, 9.17) is 4.74 Å². The molecule has 4 rings (SSSR count). The normalized spacial score (nSPS) is 17.6. The lowest BCUT2D eigenvalue weighted by Crippen LogP contribution is -2.38. The van der Waals surface area contributed by atoms with Gasteiger partial charge < -0.3 is 15.0 Å². The van der Waals surface area contributed by atoms with E-state index in [0.717, 1.165) is 24.4 Å². The molecule has 5 heteroatoms. The van der Waals surface area contributed by atoms with Crippen LogP contribution < -0.4 is 10.1 Å². The minimum absolute atomic E-state index is 0.0613. The van der Waals surface area contributed by atoms with Gasteiger partial charge in [0, 0.05) is 29.7 Å². The Kier molecular flexibility index (Phi) is 5.44. The van der Waals surface area contributed by atoms with Gasteiger partial charge in [-0.2, -0.15) is 0 Å². The van der Waals surface area contributed by atoms with Crippen LogP contribution in [-0.2, 0) is 17.8 Å². The van der Waals surface area contributed by atoms with Crippen LogP contribution in [0.2, 0.25) is 0 Å². The molecule has 1 N–H and O–H groups in total. The highest BCUT2D eigenvalue weighted by Gasteiger charge is 2.21. The average Bonchev–Trinajstić information content (AvgIpc) is 3.16. The third-order valence-corrected chi connectivity index (χ3v) is 6.38. The highest BCUT2D eigenvalue weighted by Crippen LogP contribution is 2.25. The number of hydrogen-bond donors (Lipinski definition) is 1. The van der Waals surface area contributed by atoms with Crippen LogP contribution in [0.4, 0.5) is 5.69 Å². The summed E-state index contributed by atoms with van der Waals surface area (Å²) >= 11 is 1.79. The fraction of sp³-hybridized carbons (Fsp3) is 0.476. The summed E-state index contributed by atoms with van der Waals surface area (Å²) in [5.41, 5.74) is 2.42. The van der Waals surface area contributed by atoms with Gasteiger partial charge in [-0.3, -0.25) is 4.79 Å². The number of carbonyl (C=O) groups excluding carboxylic acids is 1. The van der Waals surface area contributed by atoms with Crippen molar-refractivity contribution in [2.45, 2.75) is 51.1 Å². The van der Waals surface area contributed by atoms with Gasteiger partial charge in [-0.1, -0.05) is 19.3 Å². The zero-order chi connectivity index (χ0) is 17.8. The van der Waals surface area contributed by atoms with Crippen LogP contribution in [0.1, 0.15) is 42.5 Å². The van der Waals surface area contributed by atoms with Gasteiger partial charge in [-0.25, -0.2) is 0 Å². The van der Waals surface area contributed by atoms with Crippen LogP contribution in [0.3, 0.4) is 0 Å². The fourth-order valence-electron chi connectivity index (χ4n) is 3.83. The largest absolute Gasteiger partial charge is 0.484 e. The average molecular weight is 371 g/mol. The number of thiophene rings is 1. The Bertz CT molecular complexity index is 735. The molecule has 1 aliphatic carbocycles. The molecule has 0 spiro atoms. The van der Waals surface area contributed by atoms with Crippen molar-refractivity contribution in [1.29, 1.82) is 0 Å². The fourth-order valence-corrected chi connectivity index (χ4v) is 4.72. The first-order chi connectivity index (χ1) is 12.8. The Morgan fingerprint density at radius 1 is 1.15 bits per heavy atom. The van der Waals surface area contributed by atoms with E-state index in [1.54, 1.807) is 11.3 Å². The Hall–Kier alpha value is -2.01. The van der Waals surface area contributed by atoms with Gasteiger partial charge in [0.1, 0.15) is 5.75 Å². The third-order valence-electron chi connectivity index (χ3n) is 5.35. The molecule has 2 heterocycles. The van der Waals surface area contributed by atoms with Gasteiger partial charge >= 0.3 is 0 Å². The van der Waals surface area contributed by atoms with Crippen LogP contribution in [-0.4, -0.2) is 30.0 Å². The number of benzene rings is 1. The number of ether oxygens (including phenoxy) is 1. The first kappa shape index (κ1) is 17.4. The zero-order valence-corrected chi connectivity index (χ0v) is 15.9. The van der Waals surface area contributed by atoms with E-state index in [-0.39, 0.29) is 12.5 Å². The summed E-state index contributed by atoms with van der Waals surface area (Å²) in [6, 6.07) is 10.7. The molecular formula is C21H26N2O2S. The van der Waals surface area contributed by atoms with Gasteiger partial charge in [0.25, 0.3) is 5.91 Å². The number of carbonyl (C=O) groups is 1. The maximum Gasteiger partial charge on any atom is 0.260 e. The SMILES string of the molecule is O=C(COc1ccc(NC2CCCCC2)cc1)N1CCc2sccc2C1. The Morgan fingerprint density at radius 2 is 1.96 bits per heavy atom. The van der Waals surface area contributed by atoms with E-state index in [9.17, 15) is 4.79 Å². The summed E-state index contributed by atoms with van der Waals surface area (Å²) in [4.78, 5) is 15.7. The van der Waals surface area contributed by atoms with Gasteiger partial charge in [-0.15, -0.1) is 11.3 Å². The molecule has 2 aliphatic rings. The molecule has 138 valence electrons. The minimum Gasteiger partial charge on any atom is -0.484 e. The second-order valence-electron chi connectivity index (χ2n) is 7.23. The smallest absolute Gasteiger partial charge is 0.260 e. The van der Waals surface area contributed by atoms with E-state index < -0.39 is 0 Å². The van der Waals surface area contributed by atoms with Crippen LogP contribution in [0.15, 0.2) is 35.7 Å². The van der Waals surface area contributed by atoms with Crippen molar-refractivity contribution < 1.29 is 9.53 Å². The molecule has 1 aromatic heterocycles. The van der Waals surface area contributed by atoms with Crippen LogP contribution in [0.25, 0.3) is 0 Å².